The summed E-state index contributed by atoms with van der Waals surface area (Å²) in [5, 5.41) is 6.21. The van der Waals surface area contributed by atoms with Gasteiger partial charge in [0.05, 0.1) is 27.2 Å². The van der Waals surface area contributed by atoms with Crippen LogP contribution in [0.1, 0.15) is 12.5 Å². The van der Waals surface area contributed by atoms with Crippen LogP contribution in [0.15, 0.2) is 12.1 Å². The minimum atomic E-state index is 0.0196. The molecule has 0 aliphatic carbocycles. The summed E-state index contributed by atoms with van der Waals surface area (Å²) in [7, 11) is 4.75. The van der Waals surface area contributed by atoms with Gasteiger partial charge in [0.25, 0.3) is 0 Å². The van der Waals surface area contributed by atoms with Crippen molar-refractivity contribution in [2.75, 3.05) is 34.4 Å². The molecule has 1 aromatic rings. The van der Waals surface area contributed by atoms with Gasteiger partial charge in [-0.2, -0.15) is 0 Å². The van der Waals surface area contributed by atoms with Crippen molar-refractivity contribution >= 4 is 5.91 Å². The van der Waals surface area contributed by atoms with Crippen molar-refractivity contribution in [3.05, 3.63) is 17.7 Å². The van der Waals surface area contributed by atoms with Crippen molar-refractivity contribution in [2.45, 2.75) is 13.5 Å². The Balaban J connectivity index is 2.09. The Morgan fingerprint density at radius 1 is 1.14 bits per heavy atom. The van der Waals surface area contributed by atoms with Gasteiger partial charge in [-0.25, -0.2) is 0 Å². The van der Waals surface area contributed by atoms with E-state index in [0.717, 1.165) is 18.7 Å². The summed E-state index contributed by atoms with van der Waals surface area (Å²) < 4.78 is 15.9. The monoisotopic (exact) mass is 308 g/mol. The zero-order chi connectivity index (χ0) is 16.1. The van der Waals surface area contributed by atoms with Gasteiger partial charge >= 0.3 is 0 Å². The molecule has 0 unspecified atom stereocenters. The van der Waals surface area contributed by atoms with E-state index in [0.29, 0.717) is 29.7 Å². The highest BCUT2D eigenvalue weighted by Gasteiger charge is 2.29. The second-order valence-corrected chi connectivity index (χ2v) is 5.48. The number of carbonyl (C=O) groups is 1. The molecule has 6 nitrogen and oxygen atoms in total. The molecule has 122 valence electrons. The summed E-state index contributed by atoms with van der Waals surface area (Å²) in [6.07, 6.45) is 0. The molecule has 1 fully saturated rings. The largest absolute Gasteiger partial charge is 0.496 e. The second-order valence-electron chi connectivity index (χ2n) is 5.48. The lowest BCUT2D eigenvalue weighted by Crippen LogP contribution is -2.34. The summed E-state index contributed by atoms with van der Waals surface area (Å²) in [6, 6.07) is 3.59. The number of carbonyl (C=O) groups excluding carboxylic acids is 1. The van der Waals surface area contributed by atoms with Crippen LogP contribution in [-0.4, -0.2) is 40.3 Å². The van der Waals surface area contributed by atoms with Crippen LogP contribution in [0.5, 0.6) is 17.2 Å². The van der Waals surface area contributed by atoms with Crippen molar-refractivity contribution in [2.24, 2.45) is 11.8 Å². The summed E-state index contributed by atoms with van der Waals surface area (Å²) in [5.41, 5.74) is 0.854. The van der Waals surface area contributed by atoms with Crippen molar-refractivity contribution in [3.8, 4) is 17.2 Å². The first-order valence-corrected chi connectivity index (χ1v) is 7.38. The van der Waals surface area contributed by atoms with E-state index in [-0.39, 0.29) is 11.8 Å². The molecule has 0 saturated carbocycles. The van der Waals surface area contributed by atoms with Crippen LogP contribution in [0.25, 0.3) is 0 Å². The Kier molecular flexibility index (Phi) is 5.49. The maximum atomic E-state index is 12.3. The van der Waals surface area contributed by atoms with E-state index in [1.54, 1.807) is 27.4 Å². The smallest absolute Gasteiger partial charge is 0.224 e. The molecule has 1 amide bonds. The molecule has 1 aromatic carbocycles. The molecule has 22 heavy (non-hydrogen) atoms. The minimum Gasteiger partial charge on any atom is -0.496 e. The average Bonchev–Trinajstić information content (AvgIpc) is 2.97. The van der Waals surface area contributed by atoms with E-state index >= 15 is 0 Å². The van der Waals surface area contributed by atoms with Gasteiger partial charge in [0, 0.05) is 24.7 Å². The zero-order valence-electron chi connectivity index (χ0n) is 13.6. The first-order valence-electron chi connectivity index (χ1n) is 7.38. The molecular formula is C16H24N2O4. The number of rotatable bonds is 6. The Hall–Kier alpha value is -1.95. The summed E-state index contributed by atoms with van der Waals surface area (Å²) >= 11 is 0. The quantitative estimate of drug-likeness (QED) is 0.826. The topological polar surface area (TPSA) is 68.8 Å². The second kappa shape index (κ2) is 7.35. The van der Waals surface area contributed by atoms with E-state index in [9.17, 15) is 4.79 Å². The number of benzene rings is 1. The third kappa shape index (κ3) is 3.44. The molecule has 1 aliphatic heterocycles. The van der Waals surface area contributed by atoms with Gasteiger partial charge in [-0.3, -0.25) is 4.79 Å². The van der Waals surface area contributed by atoms with Gasteiger partial charge < -0.3 is 24.8 Å². The van der Waals surface area contributed by atoms with Crippen LogP contribution >= 0.6 is 0 Å². The van der Waals surface area contributed by atoms with Crippen LogP contribution in [0.2, 0.25) is 0 Å². The highest BCUT2D eigenvalue weighted by atomic mass is 16.5. The van der Waals surface area contributed by atoms with Crippen LogP contribution in [0, 0.1) is 11.8 Å². The van der Waals surface area contributed by atoms with Crippen LogP contribution in [-0.2, 0) is 11.3 Å². The molecule has 0 radical (unpaired) electrons. The number of hydrogen-bond acceptors (Lipinski definition) is 5. The molecule has 2 atom stereocenters. The first-order chi connectivity index (χ1) is 10.6. The molecule has 2 rings (SSSR count). The summed E-state index contributed by atoms with van der Waals surface area (Å²) in [5.74, 6) is 2.31. The third-order valence-corrected chi connectivity index (χ3v) is 4.09. The fourth-order valence-corrected chi connectivity index (χ4v) is 2.71. The predicted molar refractivity (Wildman–Crippen MR) is 83.5 cm³/mol. The summed E-state index contributed by atoms with van der Waals surface area (Å²) in [6.45, 7) is 4.10. The van der Waals surface area contributed by atoms with E-state index in [2.05, 4.69) is 17.6 Å². The summed E-state index contributed by atoms with van der Waals surface area (Å²) in [4.78, 5) is 12.3. The molecular weight excluding hydrogens is 284 g/mol. The molecule has 6 heteroatoms. The maximum Gasteiger partial charge on any atom is 0.224 e. The Morgan fingerprint density at radius 3 is 2.32 bits per heavy atom. The lowest BCUT2D eigenvalue weighted by atomic mass is 9.97. The molecule has 1 saturated heterocycles. The Morgan fingerprint density at radius 2 is 1.77 bits per heavy atom. The van der Waals surface area contributed by atoms with E-state index in [1.165, 1.54) is 0 Å². The predicted octanol–water partition coefficient (Wildman–Crippen LogP) is 1.18. The van der Waals surface area contributed by atoms with Gasteiger partial charge in [-0.05, 0) is 18.5 Å². The van der Waals surface area contributed by atoms with Gasteiger partial charge in [0.15, 0.2) is 11.5 Å². The van der Waals surface area contributed by atoms with Crippen molar-refractivity contribution in [1.82, 2.24) is 10.6 Å². The number of amides is 1. The third-order valence-electron chi connectivity index (χ3n) is 4.09. The van der Waals surface area contributed by atoms with E-state index in [1.807, 2.05) is 6.07 Å². The zero-order valence-corrected chi connectivity index (χ0v) is 13.6. The van der Waals surface area contributed by atoms with E-state index in [4.69, 9.17) is 14.2 Å². The standard InChI is InChI=1S/C16H24N2O4/c1-10-7-17-9-12(10)16(19)18-8-11-5-14(21-3)15(22-4)6-13(11)20-2/h5-6,10,12,17H,7-9H2,1-4H3,(H,18,19)/t10-,12-/m1/s1. The maximum absolute atomic E-state index is 12.3. The van der Waals surface area contributed by atoms with Crippen molar-refractivity contribution < 1.29 is 19.0 Å². The van der Waals surface area contributed by atoms with Gasteiger partial charge in [-0.15, -0.1) is 0 Å². The lowest BCUT2D eigenvalue weighted by molar-refractivity contribution is -0.125. The van der Waals surface area contributed by atoms with Crippen LogP contribution in [0.4, 0.5) is 0 Å². The van der Waals surface area contributed by atoms with Gasteiger partial charge in [0.2, 0.25) is 5.91 Å². The molecule has 0 bridgehead atoms. The minimum absolute atomic E-state index is 0.0196. The fraction of sp³-hybridized carbons (Fsp3) is 0.562. The Labute approximate surface area is 131 Å². The first kappa shape index (κ1) is 16.4. The number of methoxy groups -OCH3 is 3. The molecule has 0 spiro atoms. The highest BCUT2D eigenvalue weighted by molar-refractivity contribution is 5.79. The van der Waals surface area contributed by atoms with Crippen molar-refractivity contribution in [3.63, 3.8) is 0 Å². The van der Waals surface area contributed by atoms with Gasteiger partial charge in [-0.1, -0.05) is 6.92 Å². The van der Waals surface area contributed by atoms with Gasteiger partial charge in [0.1, 0.15) is 5.75 Å². The lowest BCUT2D eigenvalue weighted by Gasteiger charge is -2.17. The Bertz CT molecular complexity index is 533. The number of nitrogens with one attached hydrogen (secondary N) is 2. The SMILES string of the molecule is COc1cc(OC)c(OC)cc1CNC(=O)[C@@H]1CNC[C@H]1C. The van der Waals surface area contributed by atoms with Crippen LogP contribution in [0.3, 0.4) is 0 Å². The normalized spacial score (nSPS) is 20.5. The number of ether oxygens (including phenoxy) is 3. The molecule has 1 heterocycles. The highest BCUT2D eigenvalue weighted by Crippen LogP contribution is 2.34. The number of hydrogen-bond donors (Lipinski definition) is 2. The molecule has 1 aliphatic rings. The fourth-order valence-electron chi connectivity index (χ4n) is 2.71. The van der Waals surface area contributed by atoms with Crippen molar-refractivity contribution in [1.29, 1.82) is 0 Å². The van der Waals surface area contributed by atoms with Crippen LogP contribution < -0.4 is 24.8 Å². The molecule has 0 aromatic heterocycles. The van der Waals surface area contributed by atoms with E-state index < -0.39 is 0 Å². The average molecular weight is 308 g/mol. The molecule has 2 N–H and O–H groups in total.